The topological polar surface area (TPSA) is 90.0 Å². The SMILES string of the molecule is O=C1[C@@H](NS(=O)(=O)c2ccc(-c3ccc(Cl)s3)s2)CCCN1CC(=O)N1CCC[C@H]1CN1CC=CCC1. The first-order valence-electron chi connectivity index (χ1n) is 12.6. The molecule has 12 heteroatoms. The molecule has 5 rings (SSSR count). The van der Waals surface area contributed by atoms with Crippen molar-refractivity contribution in [2.24, 2.45) is 0 Å². The van der Waals surface area contributed by atoms with Gasteiger partial charge in [-0.15, -0.1) is 22.7 Å². The predicted molar refractivity (Wildman–Crippen MR) is 147 cm³/mol. The number of carbonyl (C=O) groups is 2. The summed E-state index contributed by atoms with van der Waals surface area (Å²) < 4.78 is 29.6. The molecular formula is C25H31ClN4O4S3. The van der Waals surface area contributed by atoms with Crippen LogP contribution in [0.25, 0.3) is 9.75 Å². The van der Waals surface area contributed by atoms with Crippen molar-refractivity contribution in [2.45, 2.75) is 48.4 Å². The van der Waals surface area contributed by atoms with E-state index in [1.165, 1.54) is 16.2 Å². The maximum atomic E-state index is 13.2. The summed E-state index contributed by atoms with van der Waals surface area (Å²) in [6, 6.07) is 6.23. The van der Waals surface area contributed by atoms with Gasteiger partial charge in [-0.05, 0) is 56.4 Å². The van der Waals surface area contributed by atoms with Crippen LogP contribution in [0.2, 0.25) is 4.34 Å². The van der Waals surface area contributed by atoms with Crippen LogP contribution in [0.15, 0.2) is 40.6 Å². The molecule has 200 valence electrons. The van der Waals surface area contributed by atoms with E-state index in [1.54, 1.807) is 18.2 Å². The third-order valence-corrected chi connectivity index (χ3v) is 11.6. The number of likely N-dealkylation sites (tertiary alicyclic amines) is 2. The molecule has 2 aromatic heterocycles. The fourth-order valence-corrected chi connectivity index (χ4v) is 8.94. The van der Waals surface area contributed by atoms with Crippen molar-refractivity contribution >= 4 is 56.1 Å². The van der Waals surface area contributed by atoms with Crippen molar-refractivity contribution in [1.29, 1.82) is 0 Å². The first-order valence-corrected chi connectivity index (χ1v) is 16.1. The van der Waals surface area contributed by atoms with Crippen LogP contribution in [0.1, 0.15) is 32.1 Å². The minimum atomic E-state index is -3.88. The molecule has 8 nitrogen and oxygen atoms in total. The number of nitrogens with zero attached hydrogens (tertiary/aromatic N) is 3. The van der Waals surface area contributed by atoms with E-state index in [1.807, 2.05) is 11.0 Å². The number of piperidine rings is 1. The second kappa shape index (κ2) is 11.5. The zero-order valence-electron chi connectivity index (χ0n) is 20.5. The highest BCUT2D eigenvalue weighted by Gasteiger charge is 2.36. The average Bonchev–Trinajstić information content (AvgIpc) is 3.63. The Balaban J connectivity index is 1.20. The minimum Gasteiger partial charge on any atom is -0.337 e. The van der Waals surface area contributed by atoms with E-state index in [9.17, 15) is 18.0 Å². The lowest BCUT2D eigenvalue weighted by Gasteiger charge is -2.35. The average molecular weight is 583 g/mol. The van der Waals surface area contributed by atoms with Gasteiger partial charge in [0.1, 0.15) is 10.3 Å². The number of rotatable bonds is 8. The van der Waals surface area contributed by atoms with Crippen LogP contribution in [0.3, 0.4) is 0 Å². The quantitative estimate of drug-likeness (QED) is 0.480. The Bertz CT molecular complexity index is 1270. The molecule has 2 aromatic rings. The fourth-order valence-electron chi connectivity index (χ4n) is 5.26. The second-order valence-corrected chi connectivity index (χ2v) is 14.4. The molecule has 2 atom stereocenters. The van der Waals surface area contributed by atoms with Crippen molar-refractivity contribution in [3.63, 3.8) is 0 Å². The summed E-state index contributed by atoms with van der Waals surface area (Å²) in [5.41, 5.74) is 0. The Morgan fingerprint density at radius 1 is 1.03 bits per heavy atom. The zero-order chi connectivity index (χ0) is 26.0. The Labute approximate surface area is 230 Å². The summed E-state index contributed by atoms with van der Waals surface area (Å²) in [5, 5.41) is 0. The third kappa shape index (κ3) is 6.29. The molecule has 2 fully saturated rings. The summed E-state index contributed by atoms with van der Waals surface area (Å²) >= 11 is 8.54. The van der Waals surface area contributed by atoms with Gasteiger partial charge in [-0.2, -0.15) is 4.72 Å². The molecular weight excluding hydrogens is 552 g/mol. The van der Waals surface area contributed by atoms with Crippen molar-refractivity contribution in [1.82, 2.24) is 19.4 Å². The highest BCUT2D eigenvalue weighted by Crippen LogP contribution is 2.37. The van der Waals surface area contributed by atoms with Gasteiger partial charge in [0.15, 0.2) is 0 Å². The van der Waals surface area contributed by atoms with E-state index in [2.05, 4.69) is 21.8 Å². The van der Waals surface area contributed by atoms with Crippen LogP contribution in [-0.2, 0) is 19.6 Å². The lowest BCUT2D eigenvalue weighted by molar-refractivity contribution is -0.143. The first-order chi connectivity index (χ1) is 17.8. The molecule has 0 spiro atoms. The van der Waals surface area contributed by atoms with Gasteiger partial charge < -0.3 is 9.80 Å². The van der Waals surface area contributed by atoms with Gasteiger partial charge in [0.05, 0.1) is 10.9 Å². The minimum absolute atomic E-state index is 0.00422. The lowest BCUT2D eigenvalue weighted by atomic mass is 10.1. The van der Waals surface area contributed by atoms with Gasteiger partial charge >= 0.3 is 0 Å². The van der Waals surface area contributed by atoms with Crippen LogP contribution in [0, 0.1) is 0 Å². The normalized spacial score (nSPS) is 23.2. The Morgan fingerprint density at radius 2 is 1.81 bits per heavy atom. The molecule has 2 amide bonds. The van der Waals surface area contributed by atoms with Gasteiger partial charge in [-0.1, -0.05) is 23.8 Å². The van der Waals surface area contributed by atoms with Crippen molar-refractivity contribution in [2.75, 3.05) is 39.3 Å². The number of carbonyl (C=O) groups excluding carboxylic acids is 2. The summed E-state index contributed by atoms with van der Waals surface area (Å²) in [5.74, 6) is -0.383. The van der Waals surface area contributed by atoms with Crippen molar-refractivity contribution in [3.05, 3.63) is 40.8 Å². The molecule has 3 aliphatic heterocycles. The molecule has 1 N–H and O–H groups in total. The maximum absolute atomic E-state index is 13.2. The summed E-state index contributed by atoms with van der Waals surface area (Å²) in [4.78, 5) is 33.9. The van der Waals surface area contributed by atoms with E-state index in [4.69, 9.17) is 11.6 Å². The summed E-state index contributed by atoms with van der Waals surface area (Å²) in [6.07, 6.45) is 8.40. The van der Waals surface area contributed by atoms with Crippen LogP contribution in [-0.4, -0.2) is 86.3 Å². The third-order valence-electron chi connectivity index (χ3n) is 7.13. The maximum Gasteiger partial charge on any atom is 0.250 e. The molecule has 5 heterocycles. The summed E-state index contributed by atoms with van der Waals surface area (Å²) in [7, 11) is -3.88. The number of nitrogens with one attached hydrogen (secondary N) is 1. The smallest absolute Gasteiger partial charge is 0.250 e. The largest absolute Gasteiger partial charge is 0.337 e. The first kappa shape index (κ1) is 26.8. The zero-order valence-corrected chi connectivity index (χ0v) is 23.7. The van der Waals surface area contributed by atoms with Gasteiger partial charge in [0.25, 0.3) is 10.0 Å². The molecule has 0 bridgehead atoms. The Morgan fingerprint density at radius 3 is 2.57 bits per heavy atom. The Hall–Kier alpha value is -1.76. The monoisotopic (exact) mass is 582 g/mol. The van der Waals surface area contributed by atoms with Crippen LogP contribution >= 0.6 is 34.3 Å². The molecule has 2 saturated heterocycles. The van der Waals surface area contributed by atoms with Gasteiger partial charge in [-0.3, -0.25) is 14.5 Å². The highest BCUT2D eigenvalue weighted by atomic mass is 35.5. The molecule has 0 radical (unpaired) electrons. The van der Waals surface area contributed by atoms with E-state index in [0.29, 0.717) is 30.3 Å². The Kier molecular flexibility index (Phi) is 8.37. The fraction of sp³-hybridized carbons (Fsp3) is 0.520. The molecule has 3 aliphatic rings. The van der Waals surface area contributed by atoms with E-state index in [-0.39, 0.29) is 28.6 Å². The van der Waals surface area contributed by atoms with E-state index < -0.39 is 16.1 Å². The molecule has 0 aliphatic carbocycles. The number of thiophene rings is 2. The highest BCUT2D eigenvalue weighted by molar-refractivity contribution is 7.91. The lowest BCUT2D eigenvalue weighted by Crippen LogP contribution is -2.55. The van der Waals surface area contributed by atoms with Crippen LogP contribution in [0.5, 0.6) is 0 Å². The molecule has 37 heavy (non-hydrogen) atoms. The summed E-state index contributed by atoms with van der Waals surface area (Å²) in [6.45, 7) is 3.94. The van der Waals surface area contributed by atoms with Crippen LogP contribution < -0.4 is 4.72 Å². The molecule has 0 aromatic carbocycles. The number of hydrogen-bond donors (Lipinski definition) is 1. The van der Waals surface area contributed by atoms with Gasteiger partial charge in [-0.25, -0.2) is 8.42 Å². The number of amides is 2. The van der Waals surface area contributed by atoms with E-state index in [0.717, 1.165) is 60.0 Å². The van der Waals surface area contributed by atoms with Crippen molar-refractivity contribution in [3.8, 4) is 9.75 Å². The second-order valence-electron chi connectivity index (χ2n) is 9.70. The number of sulfonamides is 1. The van der Waals surface area contributed by atoms with Gasteiger partial charge in [0, 0.05) is 48.5 Å². The standard InChI is InChI=1S/C25H31ClN4O4S3/c26-22-10-8-20(35-22)21-9-11-24(36-21)37(33,34)27-19-7-5-14-29(25(19)32)17-23(31)30-15-4-6-18(30)16-28-12-2-1-3-13-28/h1-2,8-11,18-19,27H,3-7,12-17H2/t18-,19-/m0/s1. The van der Waals surface area contributed by atoms with Crippen molar-refractivity contribution < 1.29 is 18.0 Å². The molecule has 0 unspecified atom stereocenters. The van der Waals surface area contributed by atoms with Gasteiger partial charge in [0.2, 0.25) is 11.8 Å². The number of hydrogen-bond acceptors (Lipinski definition) is 7. The van der Waals surface area contributed by atoms with Crippen LogP contribution in [0.4, 0.5) is 0 Å². The number of halogens is 1. The van der Waals surface area contributed by atoms with E-state index >= 15 is 0 Å². The predicted octanol–water partition coefficient (Wildman–Crippen LogP) is 3.65. The molecule has 0 saturated carbocycles.